The number of Topliss-reactive ketones (excluding diaryl/α,β-unsaturated/α-hetero) is 1. The molecule has 1 rings (SSSR count). The fourth-order valence-corrected chi connectivity index (χ4v) is 2.64. The molecule has 0 saturated heterocycles. The van der Waals surface area contributed by atoms with Crippen LogP contribution >= 0.6 is 0 Å². The second kappa shape index (κ2) is 5.93. The van der Waals surface area contributed by atoms with Crippen molar-refractivity contribution in [3.63, 3.8) is 0 Å². The van der Waals surface area contributed by atoms with E-state index in [1.807, 2.05) is 30.3 Å². The summed E-state index contributed by atoms with van der Waals surface area (Å²) in [6.07, 6.45) is 0.445. The summed E-state index contributed by atoms with van der Waals surface area (Å²) in [5.41, 5.74) is 0.966. The van der Waals surface area contributed by atoms with Gasteiger partial charge >= 0.3 is 0 Å². The fourth-order valence-electron chi connectivity index (χ4n) is 1.31. The summed E-state index contributed by atoms with van der Waals surface area (Å²) in [6, 6.07) is 8.72. The minimum Gasteiger partial charge on any atom is -0.298 e. The molecule has 0 heterocycles. The molecule has 1 aromatic rings. The lowest BCUT2D eigenvalue weighted by Gasteiger charge is -2.11. The van der Waals surface area contributed by atoms with E-state index < -0.39 is 16.1 Å². The van der Waals surface area contributed by atoms with Crippen LogP contribution in [-0.4, -0.2) is 26.0 Å². The molecule has 0 aromatic heterocycles. The summed E-state index contributed by atoms with van der Waals surface area (Å²) in [5, 5.41) is 0. The summed E-state index contributed by atoms with van der Waals surface area (Å²) in [4.78, 5) is 11.0. The van der Waals surface area contributed by atoms with E-state index in [1.54, 1.807) is 6.92 Å². The van der Waals surface area contributed by atoms with E-state index >= 15 is 0 Å². The highest BCUT2D eigenvalue weighted by Gasteiger charge is 2.16. The van der Waals surface area contributed by atoms with E-state index in [2.05, 4.69) is 4.72 Å². The van der Waals surface area contributed by atoms with E-state index in [9.17, 15) is 13.2 Å². The molecule has 1 unspecified atom stereocenters. The highest BCUT2D eigenvalue weighted by atomic mass is 32.2. The molecule has 0 fully saturated rings. The molecule has 17 heavy (non-hydrogen) atoms. The maximum absolute atomic E-state index is 11.7. The van der Waals surface area contributed by atoms with Gasteiger partial charge in [-0.15, -0.1) is 0 Å². The molecule has 0 bridgehead atoms. The molecule has 0 aliphatic rings. The highest BCUT2D eigenvalue weighted by molar-refractivity contribution is 7.89. The van der Waals surface area contributed by atoms with Crippen molar-refractivity contribution >= 4 is 15.8 Å². The van der Waals surface area contributed by atoms with Gasteiger partial charge in [-0.3, -0.25) is 4.79 Å². The number of carbonyl (C=O) groups is 1. The Kier molecular flexibility index (Phi) is 4.84. The van der Waals surface area contributed by atoms with Crippen LogP contribution in [-0.2, 0) is 21.2 Å². The molecule has 94 valence electrons. The van der Waals surface area contributed by atoms with Crippen LogP contribution in [0, 0.1) is 0 Å². The smallest absolute Gasteiger partial charge is 0.212 e. The Labute approximate surface area is 102 Å². The van der Waals surface area contributed by atoms with Crippen molar-refractivity contribution in [2.75, 3.05) is 5.75 Å². The Morgan fingerprint density at radius 1 is 1.29 bits per heavy atom. The molecule has 5 heteroatoms. The molecule has 1 atom stereocenters. The largest absolute Gasteiger partial charge is 0.298 e. The zero-order chi connectivity index (χ0) is 12.9. The molecule has 1 aromatic carbocycles. The predicted octanol–water partition coefficient (Wildman–Crippen LogP) is 1.13. The van der Waals surface area contributed by atoms with Gasteiger partial charge in [-0.1, -0.05) is 30.3 Å². The van der Waals surface area contributed by atoms with Crippen molar-refractivity contribution in [3.8, 4) is 0 Å². The average Bonchev–Trinajstić information content (AvgIpc) is 2.27. The Balaban J connectivity index is 2.54. The van der Waals surface area contributed by atoms with Gasteiger partial charge in [0, 0.05) is 0 Å². The summed E-state index contributed by atoms with van der Waals surface area (Å²) in [6.45, 7) is 2.91. The first kappa shape index (κ1) is 13.9. The van der Waals surface area contributed by atoms with E-state index in [1.165, 1.54) is 6.92 Å². The molecule has 0 saturated carbocycles. The topological polar surface area (TPSA) is 63.2 Å². The summed E-state index contributed by atoms with van der Waals surface area (Å²) in [5.74, 6) is -0.192. The molecule has 0 amide bonds. The Morgan fingerprint density at radius 2 is 1.88 bits per heavy atom. The maximum Gasteiger partial charge on any atom is 0.212 e. The Bertz CT molecular complexity index is 468. The molecular weight excluding hydrogens is 238 g/mol. The van der Waals surface area contributed by atoms with Crippen LogP contribution in [0.2, 0.25) is 0 Å². The van der Waals surface area contributed by atoms with Gasteiger partial charge in [-0.25, -0.2) is 13.1 Å². The minimum atomic E-state index is -3.39. The van der Waals surface area contributed by atoms with Crippen molar-refractivity contribution in [1.29, 1.82) is 0 Å². The van der Waals surface area contributed by atoms with Gasteiger partial charge in [0.1, 0.15) is 5.78 Å². The van der Waals surface area contributed by atoms with Gasteiger partial charge in [-0.05, 0) is 25.8 Å². The Morgan fingerprint density at radius 3 is 2.41 bits per heavy atom. The van der Waals surface area contributed by atoms with Gasteiger partial charge in [0.25, 0.3) is 0 Å². The average molecular weight is 255 g/mol. The second-order valence-corrected chi connectivity index (χ2v) is 5.88. The highest BCUT2D eigenvalue weighted by Crippen LogP contribution is 2.02. The number of ketones is 1. The third-order valence-electron chi connectivity index (χ3n) is 2.47. The van der Waals surface area contributed by atoms with Crippen LogP contribution < -0.4 is 4.72 Å². The molecule has 1 N–H and O–H groups in total. The van der Waals surface area contributed by atoms with Gasteiger partial charge in [0.05, 0.1) is 11.8 Å². The standard InChI is InChI=1S/C12H17NO3S/c1-10(11(2)14)13-17(15,16)9-8-12-6-4-3-5-7-12/h3-7,10,13H,8-9H2,1-2H3. The third-order valence-corrected chi connectivity index (χ3v) is 3.92. The molecule has 0 aliphatic heterocycles. The van der Waals surface area contributed by atoms with Gasteiger partial charge in [0.2, 0.25) is 10.0 Å². The monoisotopic (exact) mass is 255 g/mol. The quantitative estimate of drug-likeness (QED) is 0.828. The number of aryl methyl sites for hydroxylation is 1. The van der Waals surface area contributed by atoms with Crippen LogP contribution in [0.1, 0.15) is 19.4 Å². The number of nitrogens with one attached hydrogen (secondary N) is 1. The first-order chi connectivity index (χ1) is 7.91. The lowest BCUT2D eigenvalue weighted by atomic mass is 10.2. The number of rotatable bonds is 6. The van der Waals surface area contributed by atoms with Crippen molar-refractivity contribution in [2.24, 2.45) is 0 Å². The fraction of sp³-hybridized carbons (Fsp3) is 0.417. The van der Waals surface area contributed by atoms with E-state index in [-0.39, 0.29) is 11.5 Å². The van der Waals surface area contributed by atoms with Crippen molar-refractivity contribution < 1.29 is 13.2 Å². The van der Waals surface area contributed by atoms with E-state index in [0.29, 0.717) is 6.42 Å². The summed E-state index contributed by atoms with van der Waals surface area (Å²) >= 11 is 0. The van der Waals surface area contributed by atoms with Gasteiger partial charge in [-0.2, -0.15) is 0 Å². The van der Waals surface area contributed by atoms with Crippen LogP contribution in [0.3, 0.4) is 0 Å². The molecule has 0 radical (unpaired) electrons. The zero-order valence-corrected chi connectivity index (χ0v) is 10.8. The van der Waals surface area contributed by atoms with Gasteiger partial charge < -0.3 is 0 Å². The predicted molar refractivity (Wildman–Crippen MR) is 67.2 cm³/mol. The normalized spacial score (nSPS) is 13.3. The number of hydrogen-bond donors (Lipinski definition) is 1. The molecule has 4 nitrogen and oxygen atoms in total. The van der Waals surface area contributed by atoms with Crippen molar-refractivity contribution in [2.45, 2.75) is 26.3 Å². The van der Waals surface area contributed by atoms with Crippen molar-refractivity contribution in [1.82, 2.24) is 4.72 Å². The molecule has 0 aliphatic carbocycles. The van der Waals surface area contributed by atoms with E-state index in [0.717, 1.165) is 5.56 Å². The van der Waals surface area contributed by atoms with Crippen LogP contribution in [0.4, 0.5) is 0 Å². The minimum absolute atomic E-state index is 0.00532. The second-order valence-electron chi connectivity index (χ2n) is 4.00. The van der Waals surface area contributed by atoms with Crippen LogP contribution in [0.25, 0.3) is 0 Å². The number of benzene rings is 1. The zero-order valence-electron chi connectivity index (χ0n) is 10.0. The lowest BCUT2D eigenvalue weighted by Crippen LogP contribution is -2.38. The number of carbonyl (C=O) groups excluding carboxylic acids is 1. The Hall–Kier alpha value is -1.20. The first-order valence-corrected chi connectivity index (χ1v) is 7.10. The maximum atomic E-state index is 11.7. The lowest BCUT2D eigenvalue weighted by molar-refractivity contribution is -0.118. The molecule has 0 spiro atoms. The SMILES string of the molecule is CC(=O)C(C)NS(=O)(=O)CCc1ccccc1. The van der Waals surface area contributed by atoms with Gasteiger partial charge in [0.15, 0.2) is 0 Å². The third kappa shape index (κ3) is 5.10. The van der Waals surface area contributed by atoms with Crippen LogP contribution in [0.15, 0.2) is 30.3 Å². The van der Waals surface area contributed by atoms with Crippen LogP contribution in [0.5, 0.6) is 0 Å². The molecular formula is C12H17NO3S. The van der Waals surface area contributed by atoms with E-state index in [4.69, 9.17) is 0 Å². The first-order valence-electron chi connectivity index (χ1n) is 5.45. The van der Waals surface area contributed by atoms with Crippen molar-refractivity contribution in [3.05, 3.63) is 35.9 Å². The number of hydrogen-bond acceptors (Lipinski definition) is 3. The number of sulfonamides is 1. The summed E-state index contributed by atoms with van der Waals surface area (Å²) < 4.78 is 25.7. The summed E-state index contributed by atoms with van der Waals surface area (Å²) in [7, 11) is -3.39.